The van der Waals surface area contributed by atoms with E-state index in [2.05, 4.69) is 0 Å². The van der Waals surface area contributed by atoms with E-state index in [0.29, 0.717) is 16.8 Å². The fourth-order valence-corrected chi connectivity index (χ4v) is 12.9. The number of fused-ring (bicyclic) bond motifs is 2. The fourth-order valence-electron chi connectivity index (χ4n) is 12.9. The zero-order valence-electron chi connectivity index (χ0n) is 48.1. The minimum absolute atomic E-state index is 0.0109. The van der Waals surface area contributed by atoms with Crippen molar-refractivity contribution in [2.75, 3.05) is 27.8 Å². The second-order valence-electron chi connectivity index (χ2n) is 22.4. The zero-order chi connectivity index (χ0) is 62.3. The Labute approximate surface area is 517 Å². The molecule has 17 nitrogen and oxygen atoms in total. The molecule has 4 aliphatic heterocycles. The first-order chi connectivity index (χ1) is 44.3. The van der Waals surface area contributed by atoms with Crippen LogP contribution in [0.3, 0.4) is 0 Å². The molecule has 0 unspecified atom stereocenters. The van der Waals surface area contributed by atoms with Crippen molar-refractivity contribution in [1.29, 1.82) is 0 Å². The van der Waals surface area contributed by atoms with E-state index in [1.165, 1.54) is 72.8 Å². The SMILES string of the molecule is O=C(CCCN1C(=O)c2ccc3c4c(ccc(c24)C1=O)C(=O)N(CCCC(=O)Oc1cccc(N(c2ccccc2)c2ccccc2)c1)C3=O)Oc1ccc(N2C(=O)c3ccc4c5c(ccc(c35)C2=O)C(=O)N(c2cccc3cc5ccccc5cc23)C4=O)cc1. The lowest BCUT2D eigenvalue weighted by atomic mass is 9.85. The Kier molecular flexibility index (Phi) is 13.3. The quantitative estimate of drug-likeness (QED) is 0.0406. The normalized spacial score (nSPS) is 14.2. The van der Waals surface area contributed by atoms with Gasteiger partial charge >= 0.3 is 11.9 Å². The maximum Gasteiger partial charge on any atom is 0.311 e. The number of nitrogens with zero attached hydrogens (tertiary/aromatic N) is 5. The summed E-state index contributed by atoms with van der Waals surface area (Å²) in [5.41, 5.74) is 4.16. The van der Waals surface area contributed by atoms with Gasteiger partial charge in [0, 0.05) is 120 Å². The molecule has 0 fully saturated rings. The smallest absolute Gasteiger partial charge is 0.311 e. The van der Waals surface area contributed by atoms with Crippen LogP contribution in [0.25, 0.3) is 43.1 Å². The molecule has 4 aliphatic rings. The fraction of sp³-hybridized carbons (Fsp3) is 0.0811. The van der Waals surface area contributed by atoms with Crippen LogP contribution in [0.5, 0.6) is 11.5 Å². The van der Waals surface area contributed by atoms with Crippen LogP contribution in [-0.2, 0) is 9.59 Å². The van der Waals surface area contributed by atoms with Gasteiger partial charge in [-0.15, -0.1) is 0 Å². The summed E-state index contributed by atoms with van der Waals surface area (Å²) >= 11 is 0. The Morgan fingerprint density at radius 1 is 0.330 bits per heavy atom. The van der Waals surface area contributed by atoms with Crippen molar-refractivity contribution in [3.63, 3.8) is 0 Å². The van der Waals surface area contributed by atoms with Crippen molar-refractivity contribution in [1.82, 2.24) is 9.80 Å². The second kappa shape index (κ2) is 21.9. The lowest BCUT2D eigenvalue weighted by molar-refractivity contribution is -0.135. The number of hydrogen-bond donors (Lipinski definition) is 0. The molecule has 0 spiro atoms. The van der Waals surface area contributed by atoms with Crippen LogP contribution >= 0.6 is 0 Å². The van der Waals surface area contributed by atoms with Gasteiger partial charge in [-0.1, -0.05) is 78.9 Å². The number of amides is 8. The first-order valence-corrected chi connectivity index (χ1v) is 29.4. The predicted octanol–water partition coefficient (Wildman–Crippen LogP) is 13.3. The summed E-state index contributed by atoms with van der Waals surface area (Å²) in [6.45, 7) is -0.278. The van der Waals surface area contributed by atoms with E-state index in [1.54, 1.807) is 30.3 Å². The van der Waals surface area contributed by atoms with Crippen molar-refractivity contribution in [3.05, 3.63) is 257 Å². The molecule has 0 aliphatic carbocycles. The number of ether oxygens (including phenoxy) is 2. The third-order valence-electron chi connectivity index (χ3n) is 17.1. The lowest BCUT2D eigenvalue weighted by Gasteiger charge is -2.32. The highest BCUT2D eigenvalue weighted by Crippen LogP contribution is 2.44. The summed E-state index contributed by atoms with van der Waals surface area (Å²) in [5, 5.41) is 4.28. The standard InChI is InChI=1S/C74H47N5O12/c80-61(90-49-27-25-47(26-28-49)78-71(86)55-33-35-57-66-58(36-34-56(65(55)66)72(78)87)74(89)79(73(57)88)60-22-9-15-44-39-42-13-7-8-14-43(42)40-59(44)60)23-11-37-75-67(82)51-29-31-53-64-54(32-30-52(63(51)64)68(75)83)70(85)76(69(53)84)38-12-24-62(81)91-50-21-10-20-48(41-50)77(45-16-3-1-4-17-45)46-18-5-2-6-19-46/h1-10,13-22,25-36,39-41H,11-12,23-24,37-38H2. The summed E-state index contributed by atoms with van der Waals surface area (Å²) in [7, 11) is 0. The topological polar surface area (TPSA) is 205 Å². The van der Waals surface area contributed by atoms with Crippen molar-refractivity contribution in [3.8, 4) is 11.5 Å². The molecule has 0 aromatic heterocycles. The number of rotatable bonds is 15. The largest absolute Gasteiger partial charge is 0.427 e. The van der Waals surface area contributed by atoms with Crippen LogP contribution in [0.1, 0.15) is 109 Å². The minimum atomic E-state index is -0.697. The number of carbonyl (C=O) groups excluding carboxylic acids is 10. The molecule has 440 valence electrons. The van der Waals surface area contributed by atoms with Crippen LogP contribution in [0.4, 0.5) is 28.4 Å². The Morgan fingerprint density at radius 2 is 0.714 bits per heavy atom. The van der Waals surface area contributed by atoms with Crippen molar-refractivity contribution < 1.29 is 57.4 Å². The number of imide groups is 4. The zero-order valence-corrected chi connectivity index (χ0v) is 48.1. The highest BCUT2D eigenvalue weighted by Gasteiger charge is 2.43. The van der Waals surface area contributed by atoms with Gasteiger partial charge in [-0.2, -0.15) is 0 Å². The highest BCUT2D eigenvalue weighted by atomic mass is 16.5. The van der Waals surface area contributed by atoms with Crippen molar-refractivity contribution in [2.45, 2.75) is 25.7 Å². The third-order valence-corrected chi connectivity index (χ3v) is 17.1. The first-order valence-electron chi connectivity index (χ1n) is 29.4. The molecule has 11 aromatic rings. The molecule has 0 radical (unpaired) electrons. The molecule has 4 heterocycles. The molecule has 0 N–H and O–H groups in total. The van der Waals surface area contributed by atoms with Gasteiger partial charge in [0.05, 0.1) is 11.4 Å². The van der Waals surface area contributed by atoms with Crippen molar-refractivity contribution >= 4 is 131 Å². The Morgan fingerprint density at radius 3 is 1.19 bits per heavy atom. The molecule has 91 heavy (non-hydrogen) atoms. The summed E-state index contributed by atoms with van der Waals surface area (Å²) < 4.78 is 11.4. The van der Waals surface area contributed by atoms with Crippen LogP contribution < -0.4 is 24.2 Å². The Bertz CT molecular complexity index is 4910. The van der Waals surface area contributed by atoms with Gasteiger partial charge < -0.3 is 14.4 Å². The van der Waals surface area contributed by atoms with E-state index >= 15 is 0 Å². The van der Waals surface area contributed by atoms with Gasteiger partial charge in [-0.05, 0) is 156 Å². The van der Waals surface area contributed by atoms with Crippen LogP contribution in [-0.4, -0.2) is 82.1 Å². The van der Waals surface area contributed by atoms with E-state index in [0.717, 1.165) is 52.8 Å². The molecule has 0 atom stereocenters. The number of benzene rings is 11. The lowest BCUT2D eigenvalue weighted by Crippen LogP contribution is -2.44. The van der Waals surface area contributed by atoms with E-state index in [4.69, 9.17) is 9.47 Å². The number of carbonyl (C=O) groups is 10. The third kappa shape index (κ3) is 9.16. The van der Waals surface area contributed by atoms with Gasteiger partial charge in [-0.3, -0.25) is 57.7 Å². The van der Waals surface area contributed by atoms with E-state index in [-0.39, 0.29) is 116 Å². The minimum Gasteiger partial charge on any atom is -0.427 e. The maximum atomic E-state index is 14.4. The number of hydrogen-bond acceptors (Lipinski definition) is 13. The summed E-state index contributed by atoms with van der Waals surface area (Å²) in [6, 6.07) is 61.3. The Balaban J connectivity index is 0.572. The van der Waals surface area contributed by atoms with E-state index in [9.17, 15) is 47.9 Å². The van der Waals surface area contributed by atoms with E-state index < -0.39 is 59.2 Å². The molecule has 15 rings (SSSR count). The number of esters is 2. The average molecular weight is 1200 g/mol. The van der Waals surface area contributed by atoms with Crippen molar-refractivity contribution in [2.24, 2.45) is 0 Å². The van der Waals surface area contributed by atoms with Crippen LogP contribution in [0, 0.1) is 0 Å². The van der Waals surface area contributed by atoms with E-state index in [1.807, 2.05) is 114 Å². The van der Waals surface area contributed by atoms with Gasteiger partial charge in [0.1, 0.15) is 11.5 Å². The highest BCUT2D eigenvalue weighted by molar-refractivity contribution is 6.43. The molecular weight excluding hydrogens is 1150 g/mol. The Hall–Kier alpha value is -12.2. The van der Waals surface area contributed by atoms with Crippen LogP contribution in [0.2, 0.25) is 0 Å². The monoisotopic (exact) mass is 1200 g/mol. The van der Waals surface area contributed by atoms with Gasteiger partial charge in [0.15, 0.2) is 0 Å². The van der Waals surface area contributed by atoms with Gasteiger partial charge in [0.25, 0.3) is 47.3 Å². The maximum absolute atomic E-state index is 14.4. The number of anilines is 5. The van der Waals surface area contributed by atoms with Gasteiger partial charge in [0.2, 0.25) is 0 Å². The molecule has 0 saturated carbocycles. The molecule has 0 bridgehead atoms. The summed E-state index contributed by atoms with van der Waals surface area (Å²) in [4.78, 5) is 146. The second-order valence-corrected chi connectivity index (χ2v) is 22.4. The molecule has 11 aromatic carbocycles. The molecule has 0 saturated heterocycles. The summed E-state index contributed by atoms with van der Waals surface area (Å²) in [5.74, 6) is -6.04. The van der Waals surface area contributed by atoms with Gasteiger partial charge in [-0.25, -0.2) is 9.80 Å². The first kappa shape index (κ1) is 55.3. The molecular formula is C74H47N5O12. The summed E-state index contributed by atoms with van der Waals surface area (Å²) in [6.07, 6.45) is -0.224. The molecule has 17 heteroatoms. The average Bonchev–Trinajstić information content (AvgIpc) is 0.721. The van der Waals surface area contributed by atoms with Crippen LogP contribution in [0.15, 0.2) is 212 Å². The molecule has 8 amide bonds. The number of para-hydroxylation sites is 2. The predicted molar refractivity (Wildman–Crippen MR) is 340 cm³/mol.